The minimum Gasteiger partial charge on any atom is -0.325 e. The molecule has 1 amide bonds. The first-order valence-corrected chi connectivity index (χ1v) is 6.79. The molecule has 0 aliphatic rings. The maximum atomic E-state index is 12.1. The molecule has 0 spiro atoms. The Morgan fingerprint density at radius 2 is 1.95 bits per heavy atom. The van der Waals surface area contributed by atoms with E-state index < -0.39 is 11.1 Å². The van der Waals surface area contributed by atoms with E-state index in [0.29, 0.717) is 12.2 Å². The summed E-state index contributed by atoms with van der Waals surface area (Å²) >= 11 is 0. The summed E-state index contributed by atoms with van der Waals surface area (Å²) < 4.78 is 0. The monoisotopic (exact) mass is 290 g/mol. The summed E-state index contributed by atoms with van der Waals surface area (Å²) in [6.07, 6.45) is 0. The maximum absolute atomic E-state index is 12.1. The van der Waals surface area contributed by atoms with Gasteiger partial charge in [0.15, 0.2) is 0 Å². The van der Waals surface area contributed by atoms with Gasteiger partial charge in [-0.1, -0.05) is 19.9 Å². The van der Waals surface area contributed by atoms with Crippen LogP contribution in [0.2, 0.25) is 0 Å². The second kappa shape index (κ2) is 6.36. The molecule has 0 saturated carbocycles. The summed E-state index contributed by atoms with van der Waals surface area (Å²) in [5.74, 6) is -0.454. The van der Waals surface area contributed by atoms with E-state index in [0.717, 1.165) is 6.54 Å². The number of hydrogen-bond acceptors (Lipinski definition) is 4. The molecule has 1 aromatic heterocycles. The van der Waals surface area contributed by atoms with Gasteiger partial charge in [-0.15, -0.1) is 0 Å². The minimum atomic E-state index is -0.445. The van der Waals surface area contributed by atoms with Crippen LogP contribution in [0.5, 0.6) is 0 Å². The lowest BCUT2D eigenvalue weighted by Gasteiger charge is -2.13. The molecule has 21 heavy (non-hydrogen) atoms. The third-order valence-corrected chi connectivity index (χ3v) is 3.23. The zero-order valence-electron chi connectivity index (χ0n) is 11.9. The lowest BCUT2D eigenvalue weighted by molar-refractivity contribution is -0.119. The van der Waals surface area contributed by atoms with Crippen molar-refractivity contribution < 1.29 is 4.79 Å². The fourth-order valence-electron chi connectivity index (χ4n) is 2.04. The quantitative estimate of drug-likeness (QED) is 0.639. The highest BCUT2D eigenvalue weighted by Crippen LogP contribution is 2.17. The van der Waals surface area contributed by atoms with Crippen molar-refractivity contribution in [1.82, 2.24) is 15.5 Å². The predicted octanol–water partition coefficient (Wildman–Crippen LogP) is 0.400. The summed E-state index contributed by atoms with van der Waals surface area (Å²) in [7, 11) is 0. The molecule has 0 fully saturated rings. The molecule has 1 heterocycles. The van der Waals surface area contributed by atoms with Gasteiger partial charge in [-0.3, -0.25) is 24.6 Å². The molecule has 1 unspecified atom stereocenters. The van der Waals surface area contributed by atoms with Crippen LogP contribution in [0.3, 0.4) is 0 Å². The Morgan fingerprint density at radius 1 is 1.24 bits per heavy atom. The van der Waals surface area contributed by atoms with Crippen molar-refractivity contribution in [3.63, 3.8) is 0 Å². The molecule has 0 radical (unpaired) electrons. The summed E-state index contributed by atoms with van der Waals surface area (Å²) in [5.41, 5.74) is -0.505. The number of aromatic amines is 2. The van der Waals surface area contributed by atoms with E-state index in [1.165, 1.54) is 0 Å². The van der Waals surface area contributed by atoms with Crippen LogP contribution in [0.25, 0.3) is 10.8 Å². The average molecular weight is 290 g/mol. The molecular weight excluding hydrogens is 272 g/mol. The van der Waals surface area contributed by atoms with E-state index in [2.05, 4.69) is 20.8 Å². The number of benzene rings is 1. The van der Waals surface area contributed by atoms with Crippen molar-refractivity contribution >= 4 is 22.4 Å². The first-order valence-electron chi connectivity index (χ1n) is 6.79. The zero-order chi connectivity index (χ0) is 15.4. The van der Waals surface area contributed by atoms with E-state index in [-0.39, 0.29) is 22.6 Å². The molecule has 112 valence electrons. The Kier molecular flexibility index (Phi) is 4.54. The third kappa shape index (κ3) is 3.19. The summed E-state index contributed by atoms with van der Waals surface area (Å²) in [4.78, 5) is 35.7. The normalized spacial score (nSPS) is 12.3. The number of hydrogen-bond donors (Lipinski definition) is 4. The molecule has 7 heteroatoms. The molecular formula is C14H18N4O3. The van der Waals surface area contributed by atoms with Crippen molar-refractivity contribution in [2.45, 2.75) is 13.8 Å². The number of nitrogens with one attached hydrogen (secondary N) is 4. The topological polar surface area (TPSA) is 107 Å². The summed E-state index contributed by atoms with van der Waals surface area (Å²) in [6.45, 7) is 5.08. The lowest BCUT2D eigenvalue weighted by atomic mass is 10.1. The zero-order valence-corrected chi connectivity index (χ0v) is 11.9. The second-order valence-corrected chi connectivity index (χ2v) is 4.83. The van der Waals surface area contributed by atoms with Crippen LogP contribution in [-0.4, -0.2) is 29.2 Å². The van der Waals surface area contributed by atoms with Crippen molar-refractivity contribution in [3.05, 3.63) is 38.9 Å². The first kappa shape index (κ1) is 15.0. The van der Waals surface area contributed by atoms with Gasteiger partial charge in [-0.05, 0) is 18.7 Å². The third-order valence-electron chi connectivity index (χ3n) is 3.23. The number of aromatic nitrogens is 2. The van der Waals surface area contributed by atoms with Gasteiger partial charge in [0.2, 0.25) is 5.91 Å². The largest absolute Gasteiger partial charge is 0.325 e. The number of amides is 1. The summed E-state index contributed by atoms with van der Waals surface area (Å²) in [5, 5.41) is 10.8. The van der Waals surface area contributed by atoms with Crippen LogP contribution in [0.4, 0.5) is 5.69 Å². The SMILES string of the molecule is CCNCC(C)C(=O)Nc1cccc2c(=O)[nH][nH]c(=O)c12. The maximum Gasteiger partial charge on any atom is 0.272 e. The van der Waals surface area contributed by atoms with Gasteiger partial charge in [0.25, 0.3) is 11.1 Å². The minimum absolute atomic E-state index is 0.185. The molecule has 2 rings (SSSR count). The Balaban J connectivity index is 2.35. The molecule has 0 saturated heterocycles. The van der Waals surface area contributed by atoms with Crippen LogP contribution in [0.15, 0.2) is 27.8 Å². The van der Waals surface area contributed by atoms with Crippen LogP contribution in [0, 0.1) is 5.92 Å². The van der Waals surface area contributed by atoms with E-state index in [1.54, 1.807) is 25.1 Å². The highest BCUT2D eigenvalue weighted by molar-refractivity contribution is 6.02. The van der Waals surface area contributed by atoms with E-state index in [1.807, 2.05) is 6.92 Å². The lowest BCUT2D eigenvalue weighted by Crippen LogP contribution is -2.31. The van der Waals surface area contributed by atoms with Crippen molar-refractivity contribution in [1.29, 1.82) is 0 Å². The highest BCUT2D eigenvalue weighted by Gasteiger charge is 2.15. The molecule has 1 aromatic carbocycles. The van der Waals surface area contributed by atoms with Crippen molar-refractivity contribution in [3.8, 4) is 0 Å². The molecule has 0 aliphatic carbocycles. The van der Waals surface area contributed by atoms with Crippen LogP contribution >= 0.6 is 0 Å². The Morgan fingerprint density at radius 3 is 2.67 bits per heavy atom. The van der Waals surface area contributed by atoms with Gasteiger partial charge in [-0.2, -0.15) is 0 Å². The second-order valence-electron chi connectivity index (χ2n) is 4.83. The summed E-state index contributed by atoms with van der Waals surface area (Å²) in [6, 6.07) is 4.78. The number of rotatable bonds is 5. The number of fused-ring (bicyclic) bond motifs is 1. The van der Waals surface area contributed by atoms with Crippen LogP contribution < -0.4 is 21.8 Å². The van der Waals surface area contributed by atoms with Crippen molar-refractivity contribution in [2.24, 2.45) is 5.92 Å². The highest BCUT2D eigenvalue weighted by atomic mass is 16.2. The van der Waals surface area contributed by atoms with Gasteiger partial charge >= 0.3 is 0 Å². The first-order chi connectivity index (χ1) is 10.0. The standard InChI is InChI=1S/C14H18N4O3/c1-3-15-7-8(2)12(19)16-10-6-4-5-9-11(10)14(21)18-17-13(9)20/h4-6,8,15H,3,7H2,1-2H3,(H,16,19)(H,17,20)(H,18,21). The molecule has 4 N–H and O–H groups in total. The molecule has 7 nitrogen and oxygen atoms in total. The fourth-order valence-corrected chi connectivity index (χ4v) is 2.04. The number of anilines is 1. The number of carbonyl (C=O) groups excluding carboxylic acids is 1. The smallest absolute Gasteiger partial charge is 0.272 e. The molecule has 0 aliphatic heterocycles. The number of H-pyrrole nitrogens is 2. The molecule has 2 aromatic rings. The molecule has 1 atom stereocenters. The molecule has 0 bridgehead atoms. The van der Waals surface area contributed by atoms with Gasteiger partial charge in [0.05, 0.1) is 16.5 Å². The fraction of sp³-hybridized carbons (Fsp3) is 0.357. The predicted molar refractivity (Wildman–Crippen MR) is 81.5 cm³/mol. The van der Waals surface area contributed by atoms with Crippen molar-refractivity contribution in [2.75, 3.05) is 18.4 Å². The van der Waals surface area contributed by atoms with E-state index in [4.69, 9.17) is 0 Å². The number of carbonyl (C=O) groups is 1. The van der Waals surface area contributed by atoms with Gasteiger partial charge in [-0.25, -0.2) is 0 Å². The van der Waals surface area contributed by atoms with Crippen LogP contribution in [-0.2, 0) is 4.79 Å². The van der Waals surface area contributed by atoms with Gasteiger partial charge in [0, 0.05) is 12.5 Å². The van der Waals surface area contributed by atoms with Gasteiger partial charge < -0.3 is 10.6 Å². The Bertz CT molecular complexity index is 763. The Hall–Kier alpha value is -2.41. The van der Waals surface area contributed by atoms with E-state index >= 15 is 0 Å². The van der Waals surface area contributed by atoms with Gasteiger partial charge in [0.1, 0.15) is 0 Å². The Labute approximate surface area is 120 Å². The van der Waals surface area contributed by atoms with Crippen LogP contribution in [0.1, 0.15) is 13.8 Å². The average Bonchev–Trinajstić information content (AvgIpc) is 2.48. The van der Waals surface area contributed by atoms with E-state index in [9.17, 15) is 14.4 Å².